The monoisotopic (exact) mass is 270 g/mol. The molecule has 0 heterocycles. The lowest BCUT2D eigenvalue weighted by Crippen LogP contribution is -2.07. The van der Waals surface area contributed by atoms with Gasteiger partial charge < -0.3 is 5.11 Å². The standard InChI is InChI=1S/C14H10F4O/c15-9-4-5-11(16)10(7-9)13(19)6-8-2-1-3-12(17)14(8)18/h1-5,7,13,19H,6H2. The van der Waals surface area contributed by atoms with Crippen molar-refractivity contribution in [2.75, 3.05) is 0 Å². The molecule has 1 unspecified atom stereocenters. The second kappa shape index (κ2) is 5.40. The normalized spacial score (nSPS) is 12.5. The zero-order chi connectivity index (χ0) is 14.0. The maximum atomic E-state index is 13.4. The molecule has 2 aromatic rings. The van der Waals surface area contributed by atoms with Crippen molar-refractivity contribution in [1.82, 2.24) is 0 Å². The molecule has 1 N–H and O–H groups in total. The molecule has 0 aliphatic rings. The number of hydrogen-bond donors (Lipinski definition) is 1. The largest absolute Gasteiger partial charge is 0.388 e. The fourth-order valence-electron chi connectivity index (χ4n) is 1.79. The van der Waals surface area contributed by atoms with E-state index in [1.165, 1.54) is 12.1 Å². The van der Waals surface area contributed by atoms with Gasteiger partial charge in [0.25, 0.3) is 0 Å². The molecular formula is C14H10F4O. The van der Waals surface area contributed by atoms with Crippen molar-refractivity contribution in [2.24, 2.45) is 0 Å². The number of hydrogen-bond acceptors (Lipinski definition) is 1. The van der Waals surface area contributed by atoms with E-state index in [2.05, 4.69) is 0 Å². The van der Waals surface area contributed by atoms with Crippen LogP contribution < -0.4 is 0 Å². The molecule has 0 radical (unpaired) electrons. The average molecular weight is 270 g/mol. The van der Waals surface area contributed by atoms with Gasteiger partial charge in [0.2, 0.25) is 0 Å². The summed E-state index contributed by atoms with van der Waals surface area (Å²) in [4.78, 5) is 0. The van der Waals surface area contributed by atoms with Gasteiger partial charge in [0, 0.05) is 12.0 Å². The van der Waals surface area contributed by atoms with Crippen LogP contribution in [0.25, 0.3) is 0 Å². The highest BCUT2D eigenvalue weighted by atomic mass is 19.2. The third kappa shape index (κ3) is 2.93. The highest BCUT2D eigenvalue weighted by Gasteiger charge is 2.17. The Kier molecular flexibility index (Phi) is 3.85. The first-order chi connectivity index (χ1) is 8.99. The summed E-state index contributed by atoms with van der Waals surface area (Å²) in [7, 11) is 0. The van der Waals surface area contributed by atoms with Crippen LogP contribution in [0.2, 0.25) is 0 Å². The van der Waals surface area contributed by atoms with Gasteiger partial charge in [-0.15, -0.1) is 0 Å². The maximum Gasteiger partial charge on any atom is 0.162 e. The fourth-order valence-corrected chi connectivity index (χ4v) is 1.79. The van der Waals surface area contributed by atoms with Gasteiger partial charge in [-0.05, 0) is 29.8 Å². The highest BCUT2D eigenvalue weighted by Crippen LogP contribution is 2.24. The number of aliphatic hydroxyl groups is 1. The van der Waals surface area contributed by atoms with Crippen molar-refractivity contribution in [1.29, 1.82) is 0 Å². The molecule has 0 saturated carbocycles. The van der Waals surface area contributed by atoms with Crippen LogP contribution in [0.5, 0.6) is 0 Å². The Bertz CT molecular complexity index is 598. The van der Waals surface area contributed by atoms with E-state index in [-0.39, 0.29) is 17.5 Å². The number of rotatable bonds is 3. The molecular weight excluding hydrogens is 260 g/mol. The first-order valence-electron chi connectivity index (χ1n) is 5.55. The second-order valence-corrected chi connectivity index (χ2v) is 4.10. The summed E-state index contributed by atoms with van der Waals surface area (Å²) in [6.07, 6.45) is -1.80. The smallest absolute Gasteiger partial charge is 0.162 e. The van der Waals surface area contributed by atoms with Crippen molar-refractivity contribution in [3.63, 3.8) is 0 Å². The van der Waals surface area contributed by atoms with E-state index in [4.69, 9.17) is 0 Å². The third-order valence-corrected chi connectivity index (χ3v) is 2.76. The van der Waals surface area contributed by atoms with Crippen LogP contribution >= 0.6 is 0 Å². The maximum absolute atomic E-state index is 13.4. The zero-order valence-electron chi connectivity index (χ0n) is 9.71. The van der Waals surface area contributed by atoms with Gasteiger partial charge >= 0.3 is 0 Å². The summed E-state index contributed by atoms with van der Waals surface area (Å²) in [5, 5.41) is 9.80. The lowest BCUT2D eigenvalue weighted by molar-refractivity contribution is 0.171. The summed E-state index contributed by atoms with van der Waals surface area (Å²) in [6, 6.07) is 6.11. The Morgan fingerprint density at radius 2 is 1.68 bits per heavy atom. The van der Waals surface area contributed by atoms with Crippen molar-refractivity contribution < 1.29 is 22.7 Å². The minimum absolute atomic E-state index is 0.101. The molecule has 2 aromatic carbocycles. The fraction of sp³-hybridized carbons (Fsp3) is 0.143. The SMILES string of the molecule is OC(Cc1cccc(F)c1F)c1cc(F)ccc1F. The van der Waals surface area contributed by atoms with E-state index in [0.717, 1.165) is 24.3 Å². The van der Waals surface area contributed by atoms with Gasteiger partial charge in [-0.2, -0.15) is 0 Å². The highest BCUT2D eigenvalue weighted by molar-refractivity contribution is 5.25. The first-order valence-corrected chi connectivity index (χ1v) is 5.55. The molecule has 0 aromatic heterocycles. The third-order valence-electron chi connectivity index (χ3n) is 2.76. The van der Waals surface area contributed by atoms with E-state index in [9.17, 15) is 22.7 Å². The summed E-state index contributed by atoms with van der Waals surface area (Å²) in [5.41, 5.74) is -0.389. The van der Waals surface area contributed by atoms with E-state index < -0.39 is 29.4 Å². The number of aliphatic hydroxyl groups excluding tert-OH is 1. The summed E-state index contributed by atoms with van der Waals surface area (Å²) >= 11 is 0. The van der Waals surface area contributed by atoms with Crippen molar-refractivity contribution in [3.8, 4) is 0 Å². The van der Waals surface area contributed by atoms with Crippen LogP contribution in [-0.4, -0.2) is 5.11 Å². The molecule has 5 heteroatoms. The summed E-state index contributed by atoms with van der Waals surface area (Å²) in [6.45, 7) is 0. The molecule has 0 fully saturated rings. The minimum Gasteiger partial charge on any atom is -0.388 e. The van der Waals surface area contributed by atoms with Crippen LogP contribution in [0.3, 0.4) is 0 Å². The van der Waals surface area contributed by atoms with Crippen molar-refractivity contribution in [3.05, 3.63) is 70.8 Å². The molecule has 0 amide bonds. The van der Waals surface area contributed by atoms with Crippen LogP contribution in [0, 0.1) is 23.3 Å². The first kappa shape index (κ1) is 13.5. The molecule has 0 spiro atoms. The minimum atomic E-state index is -1.45. The summed E-state index contributed by atoms with van der Waals surface area (Å²) < 4.78 is 52.8. The lowest BCUT2D eigenvalue weighted by Gasteiger charge is -2.13. The van der Waals surface area contributed by atoms with Gasteiger partial charge in [0.15, 0.2) is 11.6 Å². The predicted molar refractivity (Wildman–Crippen MR) is 61.4 cm³/mol. The van der Waals surface area contributed by atoms with E-state index >= 15 is 0 Å². The molecule has 19 heavy (non-hydrogen) atoms. The molecule has 0 saturated heterocycles. The van der Waals surface area contributed by atoms with Gasteiger partial charge in [0.1, 0.15) is 11.6 Å². The van der Waals surface area contributed by atoms with Crippen LogP contribution in [0.4, 0.5) is 17.6 Å². The quantitative estimate of drug-likeness (QED) is 0.846. The molecule has 0 aliphatic heterocycles. The number of benzene rings is 2. The van der Waals surface area contributed by atoms with Gasteiger partial charge in [0.05, 0.1) is 6.10 Å². The number of halogens is 4. The van der Waals surface area contributed by atoms with E-state index in [1.807, 2.05) is 0 Å². The van der Waals surface area contributed by atoms with Gasteiger partial charge in [-0.25, -0.2) is 17.6 Å². The molecule has 1 atom stereocenters. The Morgan fingerprint density at radius 3 is 2.42 bits per heavy atom. The van der Waals surface area contributed by atoms with Crippen molar-refractivity contribution in [2.45, 2.75) is 12.5 Å². The Balaban J connectivity index is 2.28. The lowest BCUT2D eigenvalue weighted by atomic mass is 10.0. The van der Waals surface area contributed by atoms with E-state index in [0.29, 0.717) is 0 Å². The molecule has 0 bridgehead atoms. The summed E-state index contributed by atoms with van der Waals surface area (Å²) in [5.74, 6) is -3.66. The Hall–Kier alpha value is -1.88. The zero-order valence-corrected chi connectivity index (χ0v) is 9.71. The molecule has 100 valence electrons. The molecule has 0 aliphatic carbocycles. The Morgan fingerprint density at radius 1 is 0.947 bits per heavy atom. The van der Waals surface area contributed by atoms with Crippen LogP contribution in [0.15, 0.2) is 36.4 Å². The topological polar surface area (TPSA) is 20.2 Å². The molecule has 2 rings (SSSR count). The van der Waals surface area contributed by atoms with Crippen LogP contribution in [0.1, 0.15) is 17.2 Å². The van der Waals surface area contributed by atoms with Gasteiger partial charge in [-0.3, -0.25) is 0 Å². The molecule has 1 nitrogen and oxygen atoms in total. The second-order valence-electron chi connectivity index (χ2n) is 4.10. The Labute approximate surface area is 107 Å². The average Bonchev–Trinajstić information content (AvgIpc) is 2.38. The van der Waals surface area contributed by atoms with Crippen LogP contribution in [-0.2, 0) is 6.42 Å². The van der Waals surface area contributed by atoms with Gasteiger partial charge in [-0.1, -0.05) is 12.1 Å². The van der Waals surface area contributed by atoms with E-state index in [1.54, 1.807) is 0 Å². The van der Waals surface area contributed by atoms with Crippen molar-refractivity contribution >= 4 is 0 Å². The predicted octanol–water partition coefficient (Wildman–Crippen LogP) is 3.52.